The Bertz CT molecular complexity index is 1440. The van der Waals surface area contributed by atoms with Crippen LogP contribution in [0.25, 0.3) is 11.1 Å². The number of carbonyl (C=O) groups is 2. The van der Waals surface area contributed by atoms with E-state index in [2.05, 4.69) is 10.6 Å². The van der Waals surface area contributed by atoms with Gasteiger partial charge in [-0.3, -0.25) is 9.59 Å². The van der Waals surface area contributed by atoms with E-state index < -0.39 is 0 Å². The summed E-state index contributed by atoms with van der Waals surface area (Å²) >= 11 is 0. The molecule has 0 aliphatic heterocycles. The van der Waals surface area contributed by atoms with Crippen molar-refractivity contribution in [2.75, 3.05) is 33.6 Å². The van der Waals surface area contributed by atoms with Gasteiger partial charge < -0.3 is 33.6 Å². The summed E-state index contributed by atoms with van der Waals surface area (Å²) in [5.74, 6) is -0.527. The molecule has 0 atom stereocenters. The molecule has 0 fully saturated rings. The lowest BCUT2D eigenvalue weighted by atomic mass is 10.1. The molecule has 200 valence electrons. The second-order valence-electron chi connectivity index (χ2n) is 8.97. The average Bonchev–Trinajstić information content (AvgIpc) is 2.97. The van der Waals surface area contributed by atoms with Gasteiger partial charge >= 0.3 is 0 Å². The van der Waals surface area contributed by atoms with Crippen LogP contribution in [0.4, 0.5) is 34.1 Å². The van der Waals surface area contributed by atoms with Gasteiger partial charge in [0.1, 0.15) is 0 Å². The predicted octanol–water partition coefficient (Wildman–Crippen LogP) is 5.87. The fraction of sp³-hybridized carbons (Fsp3) is 0. The molecule has 0 aliphatic carbocycles. The molecule has 8 nitrogen and oxygen atoms in total. The summed E-state index contributed by atoms with van der Waals surface area (Å²) < 4.78 is 0. The zero-order valence-electron chi connectivity index (χ0n) is 21.7. The van der Waals surface area contributed by atoms with Gasteiger partial charge in [-0.2, -0.15) is 0 Å². The van der Waals surface area contributed by atoms with Crippen LogP contribution in [0.2, 0.25) is 0 Å². The molecule has 0 spiro atoms. The fourth-order valence-corrected chi connectivity index (χ4v) is 3.66. The number of carbonyl (C=O) groups excluding carboxylic acids is 2. The number of hydrogen-bond acceptors (Lipinski definition) is 6. The Hall–Kier alpha value is -5.76. The molecule has 0 saturated heterocycles. The van der Waals surface area contributed by atoms with E-state index in [1.54, 1.807) is 72.8 Å². The van der Waals surface area contributed by atoms with E-state index in [-0.39, 0.29) is 11.8 Å². The highest BCUT2D eigenvalue weighted by Gasteiger charge is 2.10. The van der Waals surface area contributed by atoms with Crippen molar-refractivity contribution in [2.45, 2.75) is 0 Å². The van der Waals surface area contributed by atoms with Gasteiger partial charge in [0.2, 0.25) is 0 Å². The Labute approximate surface area is 232 Å². The first kappa shape index (κ1) is 27.3. The van der Waals surface area contributed by atoms with Crippen LogP contribution in [-0.2, 0) is 0 Å². The van der Waals surface area contributed by atoms with E-state index in [1.807, 2.05) is 48.5 Å². The SMILES string of the molecule is Nc1ccc(-c2ccc(N)cc2)cc1.Nc1ccc(NC(=O)c2ccc(C(=O)Nc3ccc(N)cc3)cc2)cc1. The molecule has 10 N–H and O–H groups in total. The van der Waals surface area contributed by atoms with Gasteiger partial charge in [-0.15, -0.1) is 0 Å². The molecule has 0 aromatic heterocycles. The molecule has 0 aliphatic rings. The minimum absolute atomic E-state index is 0.264. The van der Waals surface area contributed by atoms with Gasteiger partial charge in [0.05, 0.1) is 0 Å². The maximum absolute atomic E-state index is 12.2. The summed E-state index contributed by atoms with van der Waals surface area (Å²) in [5, 5.41) is 5.54. The van der Waals surface area contributed by atoms with E-state index in [9.17, 15) is 9.59 Å². The largest absolute Gasteiger partial charge is 0.399 e. The topological polar surface area (TPSA) is 162 Å². The standard InChI is InChI=1S/C20H18N4O2.C12H12N2/c21-15-5-9-17(10-6-15)23-19(25)13-1-2-14(4-3-13)20(26)24-18-11-7-16(22)8-12-18;13-11-5-1-9(2-6-11)10-3-7-12(14)8-4-10/h1-12H,21-22H2,(H,23,25)(H,24,26);1-8H,13-14H2. The second kappa shape index (κ2) is 12.7. The lowest BCUT2D eigenvalue weighted by Crippen LogP contribution is -2.14. The summed E-state index contributed by atoms with van der Waals surface area (Å²) in [5.41, 5.74) is 29.8. The molecule has 5 aromatic rings. The van der Waals surface area contributed by atoms with Crippen molar-refractivity contribution in [3.63, 3.8) is 0 Å². The van der Waals surface area contributed by atoms with Gasteiger partial charge in [0, 0.05) is 45.3 Å². The molecule has 0 heterocycles. The van der Waals surface area contributed by atoms with E-state index in [0.29, 0.717) is 33.9 Å². The minimum Gasteiger partial charge on any atom is -0.399 e. The van der Waals surface area contributed by atoms with Crippen LogP contribution >= 0.6 is 0 Å². The summed E-state index contributed by atoms with van der Waals surface area (Å²) in [6.45, 7) is 0. The Kier molecular flexibility index (Phi) is 8.63. The van der Waals surface area contributed by atoms with Crippen molar-refractivity contribution in [3.8, 4) is 11.1 Å². The number of rotatable bonds is 5. The van der Waals surface area contributed by atoms with Crippen molar-refractivity contribution in [1.82, 2.24) is 0 Å². The van der Waals surface area contributed by atoms with E-state index in [1.165, 1.54) is 0 Å². The second-order valence-corrected chi connectivity index (χ2v) is 8.97. The van der Waals surface area contributed by atoms with Crippen molar-refractivity contribution in [1.29, 1.82) is 0 Å². The first-order chi connectivity index (χ1) is 19.3. The molecule has 0 saturated carbocycles. The zero-order chi connectivity index (χ0) is 28.5. The van der Waals surface area contributed by atoms with Gasteiger partial charge in [-0.1, -0.05) is 24.3 Å². The smallest absolute Gasteiger partial charge is 0.255 e. The van der Waals surface area contributed by atoms with Crippen molar-refractivity contribution >= 4 is 45.9 Å². The molecule has 5 rings (SSSR count). The van der Waals surface area contributed by atoms with Crippen LogP contribution in [0.3, 0.4) is 0 Å². The molecule has 8 heteroatoms. The van der Waals surface area contributed by atoms with Gasteiger partial charge in [-0.05, 0) is 108 Å². The third-order valence-corrected chi connectivity index (χ3v) is 5.90. The van der Waals surface area contributed by atoms with E-state index in [4.69, 9.17) is 22.9 Å². The Balaban J connectivity index is 0.000000222. The van der Waals surface area contributed by atoms with E-state index in [0.717, 1.165) is 22.5 Å². The molecule has 0 bridgehead atoms. The molecule has 2 amide bonds. The van der Waals surface area contributed by atoms with Crippen molar-refractivity contribution in [2.24, 2.45) is 0 Å². The summed E-state index contributed by atoms with van der Waals surface area (Å²) in [4.78, 5) is 24.5. The summed E-state index contributed by atoms with van der Waals surface area (Å²) in [7, 11) is 0. The highest BCUT2D eigenvalue weighted by molar-refractivity contribution is 6.07. The summed E-state index contributed by atoms with van der Waals surface area (Å²) in [6.07, 6.45) is 0. The molecule has 0 radical (unpaired) electrons. The van der Waals surface area contributed by atoms with Crippen LogP contribution in [0.15, 0.2) is 121 Å². The minimum atomic E-state index is -0.264. The molecule has 40 heavy (non-hydrogen) atoms. The third-order valence-electron chi connectivity index (χ3n) is 5.90. The average molecular weight is 531 g/mol. The summed E-state index contributed by atoms with van der Waals surface area (Å²) in [6, 6.07) is 35.7. The zero-order valence-corrected chi connectivity index (χ0v) is 21.7. The number of nitrogens with two attached hydrogens (primary N) is 4. The van der Waals surface area contributed by atoms with Crippen LogP contribution in [0, 0.1) is 0 Å². The Morgan fingerprint density at radius 2 is 0.625 bits per heavy atom. The number of anilines is 6. The molecular formula is C32H30N6O2. The third kappa shape index (κ3) is 7.62. The molecule has 5 aromatic carbocycles. The molecular weight excluding hydrogens is 500 g/mol. The van der Waals surface area contributed by atoms with Crippen LogP contribution in [0.1, 0.15) is 20.7 Å². The lowest BCUT2D eigenvalue weighted by Gasteiger charge is -2.08. The number of nitrogen functional groups attached to an aromatic ring is 4. The van der Waals surface area contributed by atoms with Crippen molar-refractivity contribution < 1.29 is 9.59 Å². The number of benzene rings is 5. The quantitative estimate of drug-likeness (QED) is 0.156. The van der Waals surface area contributed by atoms with Crippen molar-refractivity contribution in [3.05, 3.63) is 132 Å². The van der Waals surface area contributed by atoms with Crippen LogP contribution < -0.4 is 33.6 Å². The van der Waals surface area contributed by atoms with Crippen LogP contribution in [-0.4, -0.2) is 11.8 Å². The Morgan fingerprint density at radius 1 is 0.375 bits per heavy atom. The van der Waals surface area contributed by atoms with Gasteiger partial charge in [0.25, 0.3) is 11.8 Å². The van der Waals surface area contributed by atoms with Crippen LogP contribution in [0.5, 0.6) is 0 Å². The first-order valence-corrected chi connectivity index (χ1v) is 12.4. The van der Waals surface area contributed by atoms with Gasteiger partial charge in [0.15, 0.2) is 0 Å². The first-order valence-electron chi connectivity index (χ1n) is 12.4. The maximum Gasteiger partial charge on any atom is 0.255 e. The maximum atomic E-state index is 12.2. The monoisotopic (exact) mass is 530 g/mol. The predicted molar refractivity (Wildman–Crippen MR) is 165 cm³/mol. The number of amides is 2. The number of hydrogen-bond donors (Lipinski definition) is 6. The molecule has 0 unspecified atom stereocenters. The lowest BCUT2D eigenvalue weighted by molar-refractivity contribution is 0.101. The van der Waals surface area contributed by atoms with Gasteiger partial charge in [-0.25, -0.2) is 0 Å². The Morgan fingerprint density at radius 3 is 0.900 bits per heavy atom. The highest BCUT2D eigenvalue weighted by atomic mass is 16.2. The van der Waals surface area contributed by atoms with E-state index >= 15 is 0 Å². The fourth-order valence-electron chi connectivity index (χ4n) is 3.66. The number of nitrogens with one attached hydrogen (secondary N) is 2. The normalized spacial score (nSPS) is 10.1. The highest BCUT2D eigenvalue weighted by Crippen LogP contribution is 2.21.